The Balaban J connectivity index is 1.82. The fourth-order valence-corrected chi connectivity index (χ4v) is 3.92. The van der Waals surface area contributed by atoms with Crippen LogP contribution in [0.25, 0.3) is 0 Å². The second-order valence-electron chi connectivity index (χ2n) is 8.26. The van der Waals surface area contributed by atoms with Gasteiger partial charge in [0.15, 0.2) is 0 Å². The van der Waals surface area contributed by atoms with Crippen LogP contribution in [-0.4, -0.2) is 9.55 Å². The average Bonchev–Trinajstić information content (AvgIpc) is 3.10. The predicted molar refractivity (Wildman–Crippen MR) is 122 cm³/mol. The van der Waals surface area contributed by atoms with Crippen molar-refractivity contribution in [3.8, 4) is 0 Å². The van der Waals surface area contributed by atoms with E-state index >= 15 is 0 Å². The minimum Gasteiger partial charge on any atom is -0.335 e. The van der Waals surface area contributed by atoms with Gasteiger partial charge in [-0.05, 0) is 37.7 Å². The fraction of sp³-hybridized carbons (Fsp3) is 0.654. The van der Waals surface area contributed by atoms with Crippen LogP contribution in [0.1, 0.15) is 102 Å². The molecule has 0 aliphatic carbocycles. The van der Waals surface area contributed by atoms with Crippen molar-refractivity contribution in [3.05, 3.63) is 53.6 Å². The molecule has 0 aliphatic heterocycles. The lowest BCUT2D eigenvalue weighted by Crippen LogP contribution is -2.03. The van der Waals surface area contributed by atoms with Gasteiger partial charge in [-0.25, -0.2) is 4.98 Å². The molecule has 1 aromatic heterocycles. The van der Waals surface area contributed by atoms with Crippen molar-refractivity contribution in [2.75, 3.05) is 0 Å². The zero-order valence-corrected chi connectivity index (χ0v) is 18.5. The van der Waals surface area contributed by atoms with Gasteiger partial charge in [-0.1, -0.05) is 95.5 Å². The Morgan fingerprint density at radius 1 is 0.679 bits per heavy atom. The number of imidazole rings is 1. The van der Waals surface area contributed by atoms with E-state index in [0.717, 1.165) is 25.8 Å². The van der Waals surface area contributed by atoms with E-state index in [4.69, 9.17) is 4.98 Å². The van der Waals surface area contributed by atoms with E-state index in [-0.39, 0.29) is 0 Å². The SMILES string of the molecule is CCCCCCCCc1nc(CCCc2ccccc2)cn1CCCCCC. The first-order valence-electron chi connectivity index (χ1n) is 11.9. The third-order valence-corrected chi connectivity index (χ3v) is 5.66. The van der Waals surface area contributed by atoms with Crippen molar-refractivity contribution in [2.45, 2.75) is 110 Å². The fourth-order valence-electron chi connectivity index (χ4n) is 3.92. The summed E-state index contributed by atoms with van der Waals surface area (Å²) in [5.74, 6) is 1.33. The molecule has 0 bridgehead atoms. The molecular weight excluding hydrogens is 340 g/mol. The molecule has 0 saturated heterocycles. The quantitative estimate of drug-likeness (QED) is 0.274. The summed E-state index contributed by atoms with van der Waals surface area (Å²) in [4.78, 5) is 5.04. The van der Waals surface area contributed by atoms with Crippen molar-refractivity contribution in [3.63, 3.8) is 0 Å². The van der Waals surface area contributed by atoms with Crippen molar-refractivity contribution < 1.29 is 0 Å². The van der Waals surface area contributed by atoms with E-state index in [9.17, 15) is 0 Å². The zero-order chi connectivity index (χ0) is 19.9. The summed E-state index contributed by atoms with van der Waals surface area (Å²) in [6, 6.07) is 10.8. The van der Waals surface area contributed by atoms with Gasteiger partial charge in [0.25, 0.3) is 0 Å². The lowest BCUT2D eigenvalue weighted by molar-refractivity contribution is 0.548. The number of rotatable bonds is 16. The number of nitrogens with zero attached hydrogens (tertiary/aromatic N) is 2. The Morgan fingerprint density at radius 3 is 2.11 bits per heavy atom. The molecular formula is C26H42N2. The van der Waals surface area contributed by atoms with Gasteiger partial charge in [-0.2, -0.15) is 0 Å². The first-order chi connectivity index (χ1) is 13.8. The molecule has 2 heteroatoms. The number of hydrogen-bond donors (Lipinski definition) is 0. The van der Waals surface area contributed by atoms with E-state index in [0.29, 0.717) is 0 Å². The zero-order valence-electron chi connectivity index (χ0n) is 18.5. The second-order valence-corrected chi connectivity index (χ2v) is 8.26. The van der Waals surface area contributed by atoms with Crippen LogP contribution in [0.5, 0.6) is 0 Å². The van der Waals surface area contributed by atoms with Crippen LogP contribution in [0.4, 0.5) is 0 Å². The molecule has 2 aromatic rings. The summed E-state index contributed by atoms with van der Waals surface area (Å²) in [6.45, 7) is 5.72. The Kier molecular flexibility index (Phi) is 11.7. The van der Waals surface area contributed by atoms with Gasteiger partial charge in [0.05, 0.1) is 5.69 Å². The van der Waals surface area contributed by atoms with Crippen LogP contribution in [0.3, 0.4) is 0 Å². The van der Waals surface area contributed by atoms with E-state index in [1.807, 2.05) is 0 Å². The topological polar surface area (TPSA) is 17.8 Å². The highest BCUT2D eigenvalue weighted by atomic mass is 15.1. The normalized spacial score (nSPS) is 11.2. The molecule has 0 aliphatic rings. The summed E-state index contributed by atoms with van der Waals surface area (Å²) >= 11 is 0. The maximum atomic E-state index is 5.04. The lowest BCUT2D eigenvalue weighted by Gasteiger charge is -2.07. The standard InChI is InChI=1S/C26H42N2/c1-3-5-7-9-10-14-21-26-27-25(23-28(26)22-15-8-6-4-2)20-16-19-24-17-12-11-13-18-24/h11-13,17-18,23H,3-10,14-16,19-22H2,1-2H3. The molecule has 0 radical (unpaired) electrons. The molecule has 2 rings (SSSR count). The van der Waals surface area contributed by atoms with E-state index in [2.05, 4.69) is 54.9 Å². The van der Waals surface area contributed by atoms with Crippen LogP contribution in [0, 0.1) is 0 Å². The van der Waals surface area contributed by atoms with Crippen molar-refractivity contribution >= 4 is 0 Å². The van der Waals surface area contributed by atoms with Crippen LogP contribution < -0.4 is 0 Å². The average molecular weight is 383 g/mol. The van der Waals surface area contributed by atoms with Gasteiger partial charge in [0, 0.05) is 19.2 Å². The summed E-state index contributed by atoms with van der Waals surface area (Å²) in [5.41, 5.74) is 2.74. The van der Waals surface area contributed by atoms with Gasteiger partial charge in [0.1, 0.15) is 5.82 Å². The first kappa shape index (κ1) is 22.7. The third kappa shape index (κ3) is 9.08. The van der Waals surface area contributed by atoms with E-state index < -0.39 is 0 Å². The number of benzene rings is 1. The molecule has 156 valence electrons. The predicted octanol–water partition coefficient (Wildman–Crippen LogP) is 7.54. The summed E-state index contributed by atoms with van der Waals surface area (Å²) in [7, 11) is 0. The molecule has 0 saturated carbocycles. The number of aromatic nitrogens is 2. The van der Waals surface area contributed by atoms with Crippen LogP contribution >= 0.6 is 0 Å². The molecule has 0 fully saturated rings. The van der Waals surface area contributed by atoms with Crippen LogP contribution in [-0.2, 0) is 25.8 Å². The van der Waals surface area contributed by atoms with Crippen molar-refractivity contribution in [2.24, 2.45) is 0 Å². The summed E-state index contributed by atoms with van der Waals surface area (Å²) in [6.07, 6.45) is 20.4. The first-order valence-corrected chi connectivity index (χ1v) is 11.9. The van der Waals surface area contributed by atoms with Gasteiger partial charge in [-0.15, -0.1) is 0 Å². The largest absolute Gasteiger partial charge is 0.335 e. The number of aryl methyl sites for hydroxylation is 4. The third-order valence-electron chi connectivity index (χ3n) is 5.66. The molecule has 0 atom stereocenters. The molecule has 0 unspecified atom stereocenters. The van der Waals surface area contributed by atoms with Gasteiger partial charge < -0.3 is 4.57 Å². The van der Waals surface area contributed by atoms with E-state index in [1.165, 1.54) is 87.7 Å². The molecule has 0 spiro atoms. The molecule has 1 aromatic carbocycles. The second kappa shape index (κ2) is 14.4. The molecule has 28 heavy (non-hydrogen) atoms. The maximum absolute atomic E-state index is 5.04. The monoisotopic (exact) mass is 382 g/mol. The summed E-state index contributed by atoms with van der Waals surface area (Å²) in [5, 5.41) is 0. The van der Waals surface area contributed by atoms with Crippen LogP contribution in [0.15, 0.2) is 36.5 Å². The number of hydrogen-bond acceptors (Lipinski definition) is 1. The lowest BCUT2D eigenvalue weighted by atomic mass is 10.1. The summed E-state index contributed by atoms with van der Waals surface area (Å²) < 4.78 is 2.47. The van der Waals surface area contributed by atoms with Gasteiger partial charge in [-0.3, -0.25) is 0 Å². The minimum atomic E-state index is 1.10. The molecule has 1 heterocycles. The molecule has 2 nitrogen and oxygen atoms in total. The smallest absolute Gasteiger partial charge is 0.108 e. The Morgan fingerprint density at radius 2 is 1.36 bits per heavy atom. The van der Waals surface area contributed by atoms with Crippen LogP contribution in [0.2, 0.25) is 0 Å². The minimum absolute atomic E-state index is 1.10. The van der Waals surface area contributed by atoms with E-state index in [1.54, 1.807) is 0 Å². The molecule has 0 amide bonds. The highest BCUT2D eigenvalue weighted by Crippen LogP contribution is 2.14. The highest BCUT2D eigenvalue weighted by Gasteiger charge is 2.08. The van der Waals surface area contributed by atoms with Crippen molar-refractivity contribution in [1.82, 2.24) is 9.55 Å². The Bertz CT molecular complexity index is 615. The number of unbranched alkanes of at least 4 members (excludes halogenated alkanes) is 8. The van der Waals surface area contributed by atoms with Crippen molar-refractivity contribution in [1.29, 1.82) is 0 Å². The van der Waals surface area contributed by atoms with Gasteiger partial charge in [0.2, 0.25) is 0 Å². The molecule has 0 N–H and O–H groups in total. The highest BCUT2D eigenvalue weighted by molar-refractivity contribution is 5.15. The maximum Gasteiger partial charge on any atom is 0.108 e. The van der Waals surface area contributed by atoms with Gasteiger partial charge >= 0.3 is 0 Å². The Labute approximate surface area is 173 Å². The Hall–Kier alpha value is -1.57.